The van der Waals surface area contributed by atoms with Gasteiger partial charge in [0.25, 0.3) is 0 Å². The number of alkyl halides is 6. The van der Waals surface area contributed by atoms with E-state index in [1.807, 2.05) is 0 Å². The fourth-order valence-corrected chi connectivity index (χ4v) is 3.47. The van der Waals surface area contributed by atoms with Crippen LogP contribution in [0.2, 0.25) is 0 Å². The summed E-state index contributed by atoms with van der Waals surface area (Å²) in [5.74, 6) is 0. The zero-order valence-corrected chi connectivity index (χ0v) is 16.1. The van der Waals surface area contributed by atoms with Gasteiger partial charge in [-0.15, -0.1) is 0 Å². The van der Waals surface area contributed by atoms with Crippen LogP contribution < -0.4 is 0 Å². The van der Waals surface area contributed by atoms with E-state index < -0.39 is 65.1 Å². The quantitative estimate of drug-likeness (QED) is 0.230. The van der Waals surface area contributed by atoms with Gasteiger partial charge in [-0.3, -0.25) is 9.05 Å². The Morgan fingerprint density at radius 1 is 1.03 bits per heavy atom. The maximum absolute atomic E-state index is 12.6. The number of quaternary nitrogens is 1. The fraction of sp³-hybridized carbons (Fsp3) is 0.529. The highest BCUT2D eigenvalue weighted by atomic mass is 31.2. The molecular weight excluding hydrogens is 441 g/mol. The molecule has 0 bridgehead atoms. The number of phosphoric acid groups is 1. The third-order valence-electron chi connectivity index (χ3n) is 3.65. The first-order chi connectivity index (χ1) is 16.2. The van der Waals surface area contributed by atoms with Crippen molar-refractivity contribution in [2.45, 2.75) is 18.8 Å². The second kappa shape index (κ2) is 9.27. The van der Waals surface area contributed by atoms with Crippen molar-refractivity contribution in [3.63, 3.8) is 0 Å². The molecule has 1 aromatic carbocycles. The lowest BCUT2D eigenvalue weighted by Gasteiger charge is -2.30. The number of benzene rings is 1. The number of nitrogens with zero attached hydrogens (tertiary/aromatic N) is 1. The van der Waals surface area contributed by atoms with Gasteiger partial charge in [0.2, 0.25) is 0 Å². The summed E-state index contributed by atoms with van der Waals surface area (Å²) in [6, 6.07) is 6.75. The van der Waals surface area contributed by atoms with Crippen LogP contribution in [0, 0.1) is 0 Å². The summed E-state index contributed by atoms with van der Waals surface area (Å²) in [6.45, 7) is -14.0. The molecule has 0 saturated heterocycles. The lowest BCUT2D eigenvalue weighted by atomic mass is 10.1. The van der Waals surface area contributed by atoms with E-state index in [0.717, 1.165) is 0 Å². The maximum Gasteiger partial charge on any atom is 0.479 e. The van der Waals surface area contributed by atoms with Crippen LogP contribution in [0.25, 0.3) is 10.9 Å². The number of hydrogen-bond acceptors (Lipinski definition) is 4. The molecule has 0 atom stereocenters. The van der Waals surface area contributed by atoms with Gasteiger partial charge in [0.1, 0.15) is 0 Å². The number of nitrogens with one attached hydrogen (secondary N) is 1. The summed E-state index contributed by atoms with van der Waals surface area (Å²) in [6.07, 6.45) is -9.07. The van der Waals surface area contributed by atoms with Crippen LogP contribution in [0.3, 0.4) is 0 Å². The lowest BCUT2D eigenvalue weighted by molar-refractivity contribution is -0.906. The number of H-pyrrole nitrogens is 1. The Balaban J connectivity index is 2.38. The summed E-state index contributed by atoms with van der Waals surface area (Å²) in [5.41, 5.74) is 1.13. The van der Waals surface area contributed by atoms with Crippen molar-refractivity contribution in [2.24, 2.45) is 0 Å². The van der Waals surface area contributed by atoms with Crippen LogP contribution >= 0.6 is 7.82 Å². The van der Waals surface area contributed by atoms with Crippen molar-refractivity contribution in [3.05, 3.63) is 36.0 Å². The van der Waals surface area contributed by atoms with Gasteiger partial charge in [-0.1, -0.05) is 18.2 Å². The monoisotopic (exact) mass is 469 g/mol. The summed E-state index contributed by atoms with van der Waals surface area (Å²) in [5, 5.41) is 0.625. The van der Waals surface area contributed by atoms with Crippen LogP contribution in [0.15, 0.2) is 30.5 Å². The number of phosphoric ester groups is 1. The van der Waals surface area contributed by atoms with Crippen LogP contribution in [0.5, 0.6) is 0 Å². The third-order valence-corrected chi connectivity index (χ3v) is 4.97. The Hall–Kier alpha value is -1.59. The molecule has 2 rings (SSSR count). The van der Waals surface area contributed by atoms with Gasteiger partial charge < -0.3 is 9.47 Å². The first-order valence-electron chi connectivity index (χ1n) is 11.3. The van der Waals surface area contributed by atoms with E-state index in [9.17, 15) is 30.9 Å². The van der Waals surface area contributed by atoms with E-state index in [2.05, 4.69) is 18.6 Å². The highest BCUT2D eigenvalue weighted by Crippen LogP contribution is 2.51. The van der Waals surface area contributed by atoms with E-state index in [1.165, 1.54) is 6.20 Å². The summed E-state index contributed by atoms with van der Waals surface area (Å²) < 4.78 is 145. The van der Waals surface area contributed by atoms with Crippen molar-refractivity contribution in [3.8, 4) is 0 Å². The second-order valence-electron chi connectivity index (χ2n) is 6.28. The number of hydrogen-bond donors (Lipinski definition) is 1. The van der Waals surface area contributed by atoms with Crippen molar-refractivity contribution < 1.29 is 57.2 Å². The molecule has 0 aliphatic heterocycles. The molecular formula is C17H22F6N2O4P+. The average molecular weight is 469 g/mol. The Morgan fingerprint density at radius 2 is 1.63 bits per heavy atom. The minimum absolute atomic E-state index is 0.221. The first-order valence-corrected chi connectivity index (χ1v) is 9.74. The summed E-state index contributed by atoms with van der Waals surface area (Å²) >= 11 is 0. The SMILES string of the molecule is [2H]C([2H])([2H])[N+](CCc1c[nH]c2ccccc12)(COP(=O)(OCC(F)(F)F)OCC(F)(F)F)C([2H])([2H])[2H]. The van der Waals surface area contributed by atoms with E-state index >= 15 is 0 Å². The molecule has 0 spiro atoms. The average Bonchev–Trinajstić information content (AvgIpc) is 3.11. The van der Waals surface area contributed by atoms with Gasteiger partial charge in [-0.2, -0.15) is 26.3 Å². The normalized spacial score (nSPS) is 17.7. The molecule has 0 unspecified atom stereocenters. The van der Waals surface area contributed by atoms with Gasteiger partial charge in [0.15, 0.2) is 19.9 Å². The number of aromatic nitrogens is 1. The van der Waals surface area contributed by atoms with Crippen LogP contribution in [-0.2, 0) is 24.6 Å². The van der Waals surface area contributed by atoms with Crippen LogP contribution in [0.4, 0.5) is 26.3 Å². The minimum Gasteiger partial charge on any atom is -0.361 e. The van der Waals surface area contributed by atoms with E-state index in [1.54, 1.807) is 24.3 Å². The number of fused-ring (bicyclic) bond motifs is 1. The number of rotatable bonds is 10. The first kappa shape index (κ1) is 17.0. The molecule has 0 aliphatic rings. The molecule has 1 heterocycles. The molecule has 13 heteroatoms. The van der Waals surface area contributed by atoms with Crippen LogP contribution in [-0.4, -0.2) is 62.3 Å². The van der Waals surface area contributed by atoms with Gasteiger partial charge in [0.05, 0.1) is 28.7 Å². The topological polar surface area (TPSA) is 60.6 Å². The predicted octanol–water partition coefficient (Wildman–Crippen LogP) is 5.03. The second-order valence-corrected chi connectivity index (χ2v) is 7.95. The Labute approximate surface area is 177 Å². The number of likely N-dealkylation sites (N-methyl/N-ethyl adjacent to an activating group) is 1. The molecule has 170 valence electrons. The fourth-order valence-electron chi connectivity index (χ4n) is 2.30. The molecule has 6 nitrogen and oxygen atoms in total. The minimum atomic E-state index is -5.73. The standard InChI is InChI=1S/C17H22F6N2O4P/c1-25(2,8-7-13-9-24-15-6-4-3-5-14(13)15)12-29-30(26,27-10-16(18,19)20)28-11-17(21,22)23/h3-6,9,24H,7-8,10-12H2,1-2H3/q+1/i1D3,2D3. The zero-order valence-electron chi connectivity index (χ0n) is 21.2. The third kappa shape index (κ3) is 8.27. The van der Waals surface area contributed by atoms with Crippen molar-refractivity contribution in [1.82, 2.24) is 4.98 Å². The van der Waals surface area contributed by atoms with Crippen molar-refractivity contribution in [2.75, 3.05) is 40.4 Å². The summed E-state index contributed by atoms with van der Waals surface area (Å²) in [7, 11) is -5.73. The number of halogens is 6. The molecule has 0 amide bonds. The molecule has 1 aromatic heterocycles. The van der Waals surface area contributed by atoms with Gasteiger partial charge >= 0.3 is 20.2 Å². The highest BCUT2D eigenvalue weighted by Gasteiger charge is 2.41. The smallest absolute Gasteiger partial charge is 0.361 e. The highest BCUT2D eigenvalue weighted by molar-refractivity contribution is 7.48. The van der Waals surface area contributed by atoms with E-state index in [-0.39, 0.29) is 6.42 Å². The van der Waals surface area contributed by atoms with Crippen molar-refractivity contribution >= 4 is 18.7 Å². The Bertz CT molecular complexity index is 1040. The molecule has 30 heavy (non-hydrogen) atoms. The molecule has 0 saturated carbocycles. The molecule has 1 N–H and O–H groups in total. The zero-order chi connectivity index (χ0) is 27.6. The largest absolute Gasteiger partial charge is 0.479 e. The number of para-hydroxylation sites is 1. The predicted molar refractivity (Wildman–Crippen MR) is 96.6 cm³/mol. The number of aromatic amines is 1. The Kier molecular flexibility index (Phi) is 5.26. The van der Waals surface area contributed by atoms with Crippen molar-refractivity contribution in [1.29, 1.82) is 0 Å². The van der Waals surface area contributed by atoms with E-state index in [0.29, 0.717) is 16.5 Å². The van der Waals surface area contributed by atoms with E-state index in [4.69, 9.17) is 8.22 Å². The molecule has 0 aliphatic carbocycles. The lowest BCUT2D eigenvalue weighted by Crippen LogP contribution is -2.43. The maximum atomic E-state index is 12.6. The van der Waals surface area contributed by atoms with Gasteiger partial charge in [-0.05, 0) is 11.6 Å². The molecule has 2 aromatic rings. The summed E-state index contributed by atoms with van der Waals surface area (Å²) in [4.78, 5) is 2.90. The van der Waals surface area contributed by atoms with Crippen LogP contribution in [0.1, 0.15) is 13.8 Å². The van der Waals surface area contributed by atoms with Gasteiger partial charge in [0, 0.05) is 23.5 Å². The van der Waals surface area contributed by atoms with Gasteiger partial charge in [-0.25, -0.2) is 9.09 Å². The molecule has 0 fully saturated rings. The Morgan fingerprint density at radius 3 is 2.20 bits per heavy atom. The molecule has 0 radical (unpaired) electrons.